The molecule has 0 saturated carbocycles. The number of benzene rings is 1. The molecule has 0 amide bonds. The fourth-order valence-corrected chi connectivity index (χ4v) is 2.67. The molecule has 1 N–H and O–H groups in total. The van der Waals surface area contributed by atoms with Crippen LogP contribution in [-0.4, -0.2) is 18.8 Å². The second-order valence-corrected chi connectivity index (χ2v) is 4.56. The molecule has 17 heavy (non-hydrogen) atoms. The maximum Gasteiger partial charge on any atom is 0.123 e. The van der Waals surface area contributed by atoms with Gasteiger partial charge in [0.15, 0.2) is 0 Å². The smallest absolute Gasteiger partial charge is 0.123 e. The van der Waals surface area contributed by atoms with Crippen molar-refractivity contribution in [2.24, 2.45) is 0 Å². The highest BCUT2D eigenvalue weighted by Gasteiger charge is 2.39. The molecule has 0 radical (unpaired) electrons. The van der Waals surface area contributed by atoms with Crippen molar-refractivity contribution in [3.63, 3.8) is 0 Å². The average molecular weight is 237 g/mol. The number of halogens is 1. The highest BCUT2D eigenvalue weighted by molar-refractivity contribution is 5.23. The monoisotopic (exact) mass is 237 g/mol. The third-order valence-electron chi connectivity index (χ3n) is 3.77. The van der Waals surface area contributed by atoms with E-state index in [0.29, 0.717) is 0 Å². The van der Waals surface area contributed by atoms with E-state index in [0.717, 1.165) is 31.6 Å². The molecule has 0 spiro atoms. The van der Waals surface area contributed by atoms with Gasteiger partial charge in [-0.15, -0.1) is 0 Å². The third kappa shape index (κ3) is 2.35. The lowest BCUT2D eigenvalue weighted by Gasteiger charge is -2.44. The summed E-state index contributed by atoms with van der Waals surface area (Å²) in [5.74, 6) is -0.191. The molecule has 2 nitrogen and oxygen atoms in total. The van der Waals surface area contributed by atoms with E-state index in [1.807, 2.05) is 12.1 Å². The summed E-state index contributed by atoms with van der Waals surface area (Å²) in [6.07, 6.45) is 1.91. The Morgan fingerprint density at radius 2 is 1.94 bits per heavy atom. The summed E-state index contributed by atoms with van der Waals surface area (Å²) < 4.78 is 19.0. The van der Waals surface area contributed by atoms with Crippen LogP contribution in [-0.2, 0) is 4.74 Å². The van der Waals surface area contributed by atoms with E-state index in [4.69, 9.17) is 4.74 Å². The average Bonchev–Trinajstić information content (AvgIpc) is 2.39. The standard InChI is InChI=1S/C14H20FNO/c1-3-14(4-2)13(16-9-10-17-14)11-5-7-12(15)8-6-11/h5-8,13,16H,3-4,9-10H2,1-2H3. The molecule has 2 rings (SSSR count). The van der Waals surface area contributed by atoms with Crippen LogP contribution in [0.4, 0.5) is 4.39 Å². The second-order valence-electron chi connectivity index (χ2n) is 4.56. The Hall–Kier alpha value is -0.930. The minimum Gasteiger partial charge on any atom is -0.372 e. The summed E-state index contributed by atoms with van der Waals surface area (Å²) in [7, 11) is 0. The van der Waals surface area contributed by atoms with Crippen molar-refractivity contribution in [1.29, 1.82) is 0 Å². The fraction of sp³-hybridized carbons (Fsp3) is 0.571. The summed E-state index contributed by atoms with van der Waals surface area (Å²) >= 11 is 0. The van der Waals surface area contributed by atoms with Crippen LogP contribution in [0.15, 0.2) is 24.3 Å². The van der Waals surface area contributed by atoms with Crippen LogP contribution in [0.25, 0.3) is 0 Å². The maximum atomic E-state index is 13.0. The van der Waals surface area contributed by atoms with Crippen molar-refractivity contribution in [2.45, 2.75) is 38.3 Å². The van der Waals surface area contributed by atoms with Crippen molar-refractivity contribution in [3.05, 3.63) is 35.6 Å². The van der Waals surface area contributed by atoms with E-state index >= 15 is 0 Å². The molecule has 0 aliphatic carbocycles. The minimum absolute atomic E-state index is 0.157. The Morgan fingerprint density at radius 3 is 2.53 bits per heavy atom. The summed E-state index contributed by atoms with van der Waals surface area (Å²) in [5.41, 5.74) is 0.950. The van der Waals surface area contributed by atoms with Gasteiger partial charge in [-0.25, -0.2) is 4.39 Å². The van der Waals surface area contributed by atoms with Crippen molar-refractivity contribution in [1.82, 2.24) is 5.32 Å². The Kier molecular flexibility index (Phi) is 3.79. The van der Waals surface area contributed by atoms with Crippen LogP contribution in [0.2, 0.25) is 0 Å². The van der Waals surface area contributed by atoms with Gasteiger partial charge in [0.05, 0.1) is 18.2 Å². The van der Waals surface area contributed by atoms with Gasteiger partial charge in [0.2, 0.25) is 0 Å². The van der Waals surface area contributed by atoms with Crippen LogP contribution < -0.4 is 5.32 Å². The minimum atomic E-state index is -0.191. The molecule has 1 atom stereocenters. The van der Waals surface area contributed by atoms with Crippen molar-refractivity contribution in [3.8, 4) is 0 Å². The van der Waals surface area contributed by atoms with E-state index in [-0.39, 0.29) is 17.5 Å². The van der Waals surface area contributed by atoms with Gasteiger partial charge in [-0.1, -0.05) is 26.0 Å². The van der Waals surface area contributed by atoms with Gasteiger partial charge in [-0.05, 0) is 30.5 Å². The van der Waals surface area contributed by atoms with Crippen molar-refractivity contribution >= 4 is 0 Å². The normalized spacial score (nSPS) is 23.6. The first kappa shape index (κ1) is 12.5. The molecule has 1 unspecified atom stereocenters. The Morgan fingerprint density at radius 1 is 1.29 bits per heavy atom. The summed E-state index contributed by atoms with van der Waals surface area (Å²) in [4.78, 5) is 0. The van der Waals surface area contributed by atoms with Gasteiger partial charge in [-0.2, -0.15) is 0 Å². The van der Waals surface area contributed by atoms with Gasteiger partial charge in [0.1, 0.15) is 5.82 Å². The van der Waals surface area contributed by atoms with Crippen LogP contribution in [0, 0.1) is 5.82 Å². The lowest BCUT2D eigenvalue weighted by atomic mass is 9.83. The van der Waals surface area contributed by atoms with E-state index < -0.39 is 0 Å². The molecule has 1 fully saturated rings. The molecule has 1 saturated heterocycles. The topological polar surface area (TPSA) is 21.3 Å². The van der Waals surface area contributed by atoms with Crippen molar-refractivity contribution < 1.29 is 9.13 Å². The molecule has 0 bridgehead atoms. The lowest BCUT2D eigenvalue weighted by molar-refractivity contribution is -0.103. The van der Waals surface area contributed by atoms with Gasteiger partial charge in [0.25, 0.3) is 0 Å². The molecular formula is C14H20FNO. The van der Waals surface area contributed by atoms with E-state index in [2.05, 4.69) is 19.2 Å². The molecule has 1 aromatic rings. The molecule has 1 aliphatic heterocycles. The van der Waals surface area contributed by atoms with E-state index in [9.17, 15) is 4.39 Å². The SMILES string of the molecule is CCC1(CC)OCCNC1c1ccc(F)cc1. The fourth-order valence-electron chi connectivity index (χ4n) is 2.67. The van der Waals surface area contributed by atoms with Crippen LogP contribution in [0.1, 0.15) is 38.3 Å². The van der Waals surface area contributed by atoms with Crippen LogP contribution in [0.5, 0.6) is 0 Å². The molecule has 1 aliphatic rings. The molecule has 3 heteroatoms. The molecular weight excluding hydrogens is 217 g/mol. The molecule has 94 valence electrons. The van der Waals surface area contributed by atoms with Crippen LogP contribution >= 0.6 is 0 Å². The van der Waals surface area contributed by atoms with Gasteiger partial charge in [-0.3, -0.25) is 0 Å². The van der Waals surface area contributed by atoms with E-state index in [1.165, 1.54) is 12.1 Å². The number of ether oxygens (including phenoxy) is 1. The summed E-state index contributed by atoms with van der Waals surface area (Å²) in [6, 6.07) is 6.89. The van der Waals surface area contributed by atoms with Gasteiger partial charge >= 0.3 is 0 Å². The number of morpholine rings is 1. The highest BCUT2D eigenvalue weighted by Crippen LogP contribution is 2.37. The molecule has 1 aromatic carbocycles. The number of rotatable bonds is 3. The zero-order valence-corrected chi connectivity index (χ0v) is 10.5. The van der Waals surface area contributed by atoms with Crippen molar-refractivity contribution in [2.75, 3.05) is 13.2 Å². The Balaban J connectivity index is 2.30. The summed E-state index contributed by atoms with van der Waals surface area (Å²) in [6.45, 7) is 5.89. The number of nitrogens with one attached hydrogen (secondary N) is 1. The largest absolute Gasteiger partial charge is 0.372 e. The highest BCUT2D eigenvalue weighted by atomic mass is 19.1. The zero-order valence-electron chi connectivity index (χ0n) is 10.5. The molecule has 1 heterocycles. The first-order valence-corrected chi connectivity index (χ1v) is 6.34. The lowest BCUT2D eigenvalue weighted by Crippen LogP contribution is -2.51. The molecule has 0 aromatic heterocycles. The predicted molar refractivity (Wildman–Crippen MR) is 66.4 cm³/mol. The van der Waals surface area contributed by atoms with E-state index in [1.54, 1.807) is 0 Å². The number of hydrogen-bond acceptors (Lipinski definition) is 2. The second kappa shape index (κ2) is 5.15. The zero-order chi connectivity index (χ0) is 12.3. The summed E-state index contributed by atoms with van der Waals surface area (Å²) in [5, 5.41) is 3.50. The third-order valence-corrected chi connectivity index (χ3v) is 3.77. The maximum absolute atomic E-state index is 13.0. The first-order chi connectivity index (χ1) is 8.22. The van der Waals surface area contributed by atoms with Gasteiger partial charge in [0, 0.05) is 6.54 Å². The van der Waals surface area contributed by atoms with Gasteiger partial charge < -0.3 is 10.1 Å². The van der Waals surface area contributed by atoms with Crippen LogP contribution in [0.3, 0.4) is 0 Å². The first-order valence-electron chi connectivity index (χ1n) is 6.34. The Bertz CT molecular complexity index is 359. The quantitative estimate of drug-likeness (QED) is 0.872. The number of hydrogen-bond donors (Lipinski definition) is 1. The predicted octanol–water partition coefficient (Wildman–Crippen LogP) is 3.05. The Labute approximate surface area is 102 Å².